The zero-order valence-electron chi connectivity index (χ0n) is 13.6. The molecule has 0 amide bonds. The van der Waals surface area contributed by atoms with Crippen LogP contribution in [0.3, 0.4) is 0 Å². The number of methoxy groups -OCH3 is 1. The smallest absolute Gasteiger partial charge is 0.119 e. The standard InChI is InChI=1S/C17H30N2O/c1-13(2)10-17(12-18,11-14(3)4)19-15-6-8-16(20-5)9-7-15/h6-9,13-14,19H,10-12,18H2,1-5H3. The van der Waals surface area contributed by atoms with Gasteiger partial charge >= 0.3 is 0 Å². The number of benzene rings is 1. The van der Waals surface area contributed by atoms with Gasteiger partial charge in [0.25, 0.3) is 0 Å². The van der Waals surface area contributed by atoms with E-state index in [0.29, 0.717) is 18.4 Å². The minimum absolute atomic E-state index is 0.0308. The van der Waals surface area contributed by atoms with Gasteiger partial charge in [-0.25, -0.2) is 0 Å². The molecule has 3 heteroatoms. The summed E-state index contributed by atoms with van der Waals surface area (Å²) in [5.74, 6) is 2.10. The molecule has 0 spiro atoms. The number of ether oxygens (including phenoxy) is 1. The maximum atomic E-state index is 6.12. The molecule has 0 saturated carbocycles. The molecule has 0 aliphatic carbocycles. The van der Waals surface area contributed by atoms with Gasteiger partial charge in [-0.3, -0.25) is 0 Å². The van der Waals surface area contributed by atoms with Crippen molar-refractivity contribution in [3.05, 3.63) is 24.3 Å². The summed E-state index contributed by atoms with van der Waals surface area (Å²) >= 11 is 0. The molecule has 20 heavy (non-hydrogen) atoms. The van der Waals surface area contributed by atoms with Crippen molar-refractivity contribution in [3.63, 3.8) is 0 Å². The van der Waals surface area contributed by atoms with Crippen molar-refractivity contribution in [2.24, 2.45) is 17.6 Å². The number of rotatable bonds is 8. The quantitative estimate of drug-likeness (QED) is 0.758. The van der Waals surface area contributed by atoms with Crippen molar-refractivity contribution < 1.29 is 4.74 Å². The fraction of sp³-hybridized carbons (Fsp3) is 0.647. The summed E-state index contributed by atoms with van der Waals surface area (Å²) in [5.41, 5.74) is 7.20. The van der Waals surface area contributed by atoms with Gasteiger partial charge in [0, 0.05) is 12.2 Å². The van der Waals surface area contributed by atoms with E-state index in [9.17, 15) is 0 Å². The van der Waals surface area contributed by atoms with Crippen molar-refractivity contribution in [2.45, 2.75) is 46.1 Å². The first kappa shape index (κ1) is 16.8. The Bertz CT molecular complexity index is 374. The average Bonchev–Trinajstić information content (AvgIpc) is 2.38. The second-order valence-corrected chi connectivity index (χ2v) is 6.53. The predicted octanol–water partition coefficient (Wildman–Crippen LogP) is 3.90. The van der Waals surface area contributed by atoms with E-state index in [4.69, 9.17) is 10.5 Å². The topological polar surface area (TPSA) is 47.3 Å². The third kappa shape index (κ3) is 5.04. The van der Waals surface area contributed by atoms with Crippen LogP contribution in [0.4, 0.5) is 5.69 Å². The Morgan fingerprint density at radius 2 is 1.55 bits per heavy atom. The Morgan fingerprint density at radius 1 is 1.05 bits per heavy atom. The van der Waals surface area contributed by atoms with E-state index in [2.05, 4.69) is 45.1 Å². The Hall–Kier alpha value is -1.22. The van der Waals surface area contributed by atoms with E-state index in [1.54, 1.807) is 7.11 Å². The summed E-state index contributed by atoms with van der Waals surface area (Å²) in [5, 5.41) is 3.68. The molecule has 1 rings (SSSR count). The van der Waals surface area contributed by atoms with Crippen LogP contribution >= 0.6 is 0 Å². The number of hydrogen-bond acceptors (Lipinski definition) is 3. The van der Waals surface area contributed by atoms with E-state index in [-0.39, 0.29) is 5.54 Å². The van der Waals surface area contributed by atoms with Gasteiger partial charge in [0.05, 0.1) is 12.6 Å². The molecular weight excluding hydrogens is 248 g/mol. The van der Waals surface area contributed by atoms with Gasteiger partial charge in [0.1, 0.15) is 5.75 Å². The Morgan fingerprint density at radius 3 is 1.90 bits per heavy atom. The van der Waals surface area contributed by atoms with Gasteiger partial charge < -0.3 is 15.8 Å². The van der Waals surface area contributed by atoms with Crippen LogP contribution in [0, 0.1) is 11.8 Å². The predicted molar refractivity (Wildman–Crippen MR) is 87.3 cm³/mol. The van der Waals surface area contributed by atoms with Crippen molar-refractivity contribution in [2.75, 3.05) is 19.0 Å². The van der Waals surface area contributed by atoms with Gasteiger partial charge in [-0.2, -0.15) is 0 Å². The van der Waals surface area contributed by atoms with E-state index in [1.807, 2.05) is 12.1 Å². The molecule has 0 aliphatic rings. The van der Waals surface area contributed by atoms with E-state index < -0.39 is 0 Å². The first-order chi connectivity index (χ1) is 9.40. The fourth-order valence-electron chi connectivity index (χ4n) is 2.95. The third-order valence-corrected chi connectivity index (χ3v) is 3.49. The van der Waals surface area contributed by atoms with Crippen LogP contribution in [-0.4, -0.2) is 19.2 Å². The molecule has 3 nitrogen and oxygen atoms in total. The summed E-state index contributed by atoms with van der Waals surface area (Å²) in [6, 6.07) is 8.08. The number of hydrogen-bond donors (Lipinski definition) is 2. The van der Waals surface area contributed by atoms with Gasteiger partial charge in [0.15, 0.2) is 0 Å². The van der Waals surface area contributed by atoms with Crippen LogP contribution in [0.5, 0.6) is 5.75 Å². The van der Waals surface area contributed by atoms with Crippen molar-refractivity contribution in [1.29, 1.82) is 0 Å². The molecule has 0 heterocycles. The molecule has 1 aromatic carbocycles. The van der Waals surface area contributed by atoms with Gasteiger partial charge in [0.2, 0.25) is 0 Å². The largest absolute Gasteiger partial charge is 0.497 e. The maximum Gasteiger partial charge on any atom is 0.119 e. The summed E-state index contributed by atoms with van der Waals surface area (Å²) in [4.78, 5) is 0. The number of anilines is 1. The molecule has 0 bridgehead atoms. The van der Waals surface area contributed by atoms with Gasteiger partial charge in [-0.15, -0.1) is 0 Å². The van der Waals surface area contributed by atoms with Crippen LogP contribution in [0.2, 0.25) is 0 Å². The minimum Gasteiger partial charge on any atom is -0.497 e. The molecule has 0 unspecified atom stereocenters. The molecule has 0 radical (unpaired) electrons. The summed E-state index contributed by atoms with van der Waals surface area (Å²) in [6.07, 6.45) is 2.15. The van der Waals surface area contributed by atoms with Crippen molar-refractivity contribution in [3.8, 4) is 5.75 Å². The lowest BCUT2D eigenvalue weighted by atomic mass is 9.81. The third-order valence-electron chi connectivity index (χ3n) is 3.49. The molecule has 1 aromatic rings. The molecule has 0 aliphatic heterocycles. The SMILES string of the molecule is COc1ccc(NC(CN)(CC(C)C)CC(C)C)cc1. The summed E-state index contributed by atoms with van der Waals surface area (Å²) in [7, 11) is 1.68. The summed E-state index contributed by atoms with van der Waals surface area (Å²) in [6.45, 7) is 9.65. The molecule has 3 N–H and O–H groups in total. The zero-order chi connectivity index (χ0) is 15.2. The Balaban J connectivity index is 2.90. The van der Waals surface area contributed by atoms with E-state index in [0.717, 1.165) is 24.3 Å². The molecule has 0 fully saturated rings. The molecule has 0 aromatic heterocycles. The first-order valence-electron chi connectivity index (χ1n) is 7.53. The minimum atomic E-state index is -0.0308. The first-order valence-corrected chi connectivity index (χ1v) is 7.53. The Kier molecular flexibility index (Phi) is 6.34. The fourth-order valence-corrected chi connectivity index (χ4v) is 2.95. The lowest BCUT2D eigenvalue weighted by Crippen LogP contribution is -2.47. The molecule has 114 valence electrons. The zero-order valence-corrected chi connectivity index (χ0v) is 13.6. The number of nitrogens with one attached hydrogen (secondary N) is 1. The van der Waals surface area contributed by atoms with Crippen LogP contribution in [0.15, 0.2) is 24.3 Å². The normalized spacial score (nSPS) is 12.0. The lowest BCUT2D eigenvalue weighted by Gasteiger charge is -2.38. The highest BCUT2D eigenvalue weighted by Crippen LogP contribution is 2.29. The molecular formula is C17H30N2O. The number of nitrogens with two attached hydrogens (primary N) is 1. The van der Waals surface area contributed by atoms with Crippen LogP contribution in [0.1, 0.15) is 40.5 Å². The van der Waals surface area contributed by atoms with Crippen molar-refractivity contribution >= 4 is 5.69 Å². The maximum absolute atomic E-state index is 6.12. The molecule has 0 saturated heterocycles. The highest BCUT2D eigenvalue weighted by atomic mass is 16.5. The Labute approximate surface area is 123 Å². The van der Waals surface area contributed by atoms with Crippen LogP contribution in [-0.2, 0) is 0 Å². The van der Waals surface area contributed by atoms with Gasteiger partial charge in [-0.05, 0) is 48.9 Å². The second kappa shape index (κ2) is 7.53. The van der Waals surface area contributed by atoms with E-state index in [1.165, 1.54) is 0 Å². The van der Waals surface area contributed by atoms with Crippen molar-refractivity contribution in [1.82, 2.24) is 0 Å². The van der Waals surface area contributed by atoms with Gasteiger partial charge in [-0.1, -0.05) is 27.7 Å². The lowest BCUT2D eigenvalue weighted by molar-refractivity contribution is 0.317. The monoisotopic (exact) mass is 278 g/mol. The molecule has 0 atom stereocenters. The second-order valence-electron chi connectivity index (χ2n) is 6.53. The summed E-state index contributed by atoms with van der Waals surface area (Å²) < 4.78 is 5.20. The van der Waals surface area contributed by atoms with Crippen LogP contribution in [0.25, 0.3) is 0 Å². The van der Waals surface area contributed by atoms with Crippen LogP contribution < -0.4 is 15.8 Å². The highest BCUT2D eigenvalue weighted by molar-refractivity contribution is 5.48. The average molecular weight is 278 g/mol. The van der Waals surface area contributed by atoms with E-state index >= 15 is 0 Å². The highest BCUT2D eigenvalue weighted by Gasteiger charge is 2.30.